The lowest BCUT2D eigenvalue weighted by Crippen LogP contribution is -2.64. The van der Waals surface area contributed by atoms with Gasteiger partial charge in [-0.25, -0.2) is 9.59 Å². The Kier molecular flexibility index (Phi) is 2.25. The van der Waals surface area contributed by atoms with Crippen LogP contribution in [0.4, 0.5) is 0 Å². The van der Waals surface area contributed by atoms with E-state index in [-0.39, 0.29) is 0 Å². The fourth-order valence-corrected chi connectivity index (χ4v) is 1.32. The summed E-state index contributed by atoms with van der Waals surface area (Å²) in [5.41, 5.74) is -6.29. The van der Waals surface area contributed by atoms with E-state index < -0.39 is 34.7 Å². The second kappa shape index (κ2) is 2.94. The van der Waals surface area contributed by atoms with Crippen molar-refractivity contribution in [3.05, 3.63) is 0 Å². The Morgan fingerprint density at radius 2 is 1.27 bits per heavy atom. The molecule has 0 aromatic heterocycles. The summed E-state index contributed by atoms with van der Waals surface area (Å²) in [6, 6.07) is 0. The van der Waals surface area contributed by atoms with E-state index in [9.17, 15) is 29.4 Å². The summed E-state index contributed by atoms with van der Waals surface area (Å²) in [6.45, 7) is 1.52. The van der Waals surface area contributed by atoms with Gasteiger partial charge in [0.1, 0.15) is 0 Å². The number of esters is 2. The second-order valence-corrected chi connectivity index (χ2v) is 3.21. The first-order chi connectivity index (χ1) is 6.69. The topological polar surface area (TPSA) is 118 Å². The minimum absolute atomic E-state index is 0.758. The van der Waals surface area contributed by atoms with Crippen molar-refractivity contribution in [2.45, 2.75) is 25.0 Å². The first-order valence-electron chi connectivity index (χ1n) is 3.92. The van der Waals surface area contributed by atoms with E-state index in [0.717, 1.165) is 13.8 Å². The van der Waals surface area contributed by atoms with Crippen molar-refractivity contribution in [3.8, 4) is 0 Å². The van der Waals surface area contributed by atoms with Gasteiger partial charge >= 0.3 is 11.9 Å². The molecule has 0 aromatic rings. The van der Waals surface area contributed by atoms with Gasteiger partial charge in [-0.2, -0.15) is 0 Å². The zero-order valence-corrected chi connectivity index (χ0v) is 7.94. The van der Waals surface area contributed by atoms with Crippen LogP contribution in [0.3, 0.4) is 0 Å². The lowest BCUT2D eigenvalue weighted by atomic mass is 9.79. The molecular formula is C8H8O7. The number of carbonyl (C=O) groups is 4. The summed E-state index contributed by atoms with van der Waals surface area (Å²) in [5.74, 6) is -5.76. The van der Waals surface area contributed by atoms with Gasteiger partial charge in [0.2, 0.25) is 0 Å². The maximum Gasteiger partial charge on any atom is 0.358 e. The highest BCUT2D eigenvalue weighted by atomic mass is 16.6. The Balaban J connectivity index is 3.48. The summed E-state index contributed by atoms with van der Waals surface area (Å²) >= 11 is 0. The number of cyclic esters (lactones) is 2. The van der Waals surface area contributed by atoms with E-state index in [1.165, 1.54) is 0 Å². The Labute approximate surface area is 83.6 Å². The molecule has 2 atom stereocenters. The summed E-state index contributed by atoms with van der Waals surface area (Å²) in [5, 5.41) is 19.2. The van der Waals surface area contributed by atoms with Gasteiger partial charge in [-0.1, -0.05) is 0 Å². The van der Waals surface area contributed by atoms with Crippen molar-refractivity contribution in [1.82, 2.24) is 0 Å². The van der Waals surface area contributed by atoms with E-state index in [1.54, 1.807) is 0 Å². The maximum atomic E-state index is 11.0. The van der Waals surface area contributed by atoms with Crippen LogP contribution in [0.1, 0.15) is 13.8 Å². The van der Waals surface area contributed by atoms with Crippen LogP contribution in [0.2, 0.25) is 0 Å². The molecule has 82 valence electrons. The van der Waals surface area contributed by atoms with Crippen molar-refractivity contribution < 1.29 is 34.1 Å². The maximum absolute atomic E-state index is 11.0. The highest BCUT2D eigenvalue weighted by molar-refractivity contribution is 6.27. The molecule has 1 heterocycles. The smallest absolute Gasteiger partial charge is 0.358 e. The standard InChI is InChI=1S/C8H8O7/c1-3(9)7(13)5(11)15-6(12)8(7,14)4(2)10/h13-14H,1-2H3/t7-,8-/m1/s1. The van der Waals surface area contributed by atoms with Crippen LogP contribution in [-0.2, 0) is 23.9 Å². The van der Waals surface area contributed by atoms with Crippen molar-refractivity contribution in [1.29, 1.82) is 0 Å². The lowest BCUT2D eigenvalue weighted by molar-refractivity contribution is -0.179. The first-order valence-corrected chi connectivity index (χ1v) is 3.92. The van der Waals surface area contributed by atoms with E-state index >= 15 is 0 Å². The molecule has 0 aliphatic carbocycles. The summed E-state index contributed by atoms with van der Waals surface area (Å²) in [4.78, 5) is 44.1. The Morgan fingerprint density at radius 3 is 1.47 bits per heavy atom. The molecule has 0 spiro atoms. The molecule has 1 rings (SSSR count). The molecule has 7 heteroatoms. The average Bonchev–Trinajstić information content (AvgIpc) is 2.29. The van der Waals surface area contributed by atoms with Crippen LogP contribution >= 0.6 is 0 Å². The van der Waals surface area contributed by atoms with E-state index in [0.29, 0.717) is 0 Å². The van der Waals surface area contributed by atoms with Crippen LogP contribution in [-0.4, -0.2) is 44.9 Å². The van der Waals surface area contributed by atoms with Crippen LogP contribution in [0.25, 0.3) is 0 Å². The number of rotatable bonds is 2. The number of hydrogen-bond acceptors (Lipinski definition) is 7. The highest BCUT2D eigenvalue weighted by Crippen LogP contribution is 2.34. The molecule has 1 aliphatic heterocycles. The quantitative estimate of drug-likeness (QED) is 0.394. The largest absolute Gasteiger partial charge is 0.388 e. The monoisotopic (exact) mass is 216 g/mol. The van der Waals surface area contributed by atoms with E-state index in [4.69, 9.17) is 0 Å². The fourth-order valence-electron chi connectivity index (χ4n) is 1.32. The first kappa shape index (κ1) is 11.5. The molecular weight excluding hydrogens is 208 g/mol. The zero-order chi connectivity index (χ0) is 12.0. The molecule has 15 heavy (non-hydrogen) atoms. The predicted molar refractivity (Wildman–Crippen MR) is 42.4 cm³/mol. The van der Waals surface area contributed by atoms with Gasteiger partial charge in [0.25, 0.3) is 11.2 Å². The molecule has 1 aliphatic rings. The number of Topliss-reactive ketones (excluding diaryl/α,β-unsaturated/α-hetero) is 2. The number of aliphatic hydroxyl groups is 2. The number of hydrogen-bond donors (Lipinski definition) is 2. The second-order valence-electron chi connectivity index (χ2n) is 3.21. The van der Waals surface area contributed by atoms with Crippen LogP contribution in [0.15, 0.2) is 0 Å². The molecule has 0 bridgehead atoms. The molecule has 7 nitrogen and oxygen atoms in total. The Hall–Kier alpha value is -1.60. The third-order valence-corrected chi connectivity index (χ3v) is 2.32. The van der Waals surface area contributed by atoms with Crippen LogP contribution in [0.5, 0.6) is 0 Å². The SMILES string of the molecule is CC(=O)[C@@]1(O)C(=O)OC(=O)[C@]1(O)C(C)=O. The normalized spacial score (nSPS) is 35.2. The Morgan fingerprint density at radius 1 is 1.00 bits per heavy atom. The summed E-state index contributed by atoms with van der Waals surface area (Å²) in [6.07, 6.45) is 0. The van der Waals surface area contributed by atoms with E-state index in [2.05, 4.69) is 4.74 Å². The van der Waals surface area contributed by atoms with Gasteiger partial charge in [-0.05, 0) is 13.8 Å². The average molecular weight is 216 g/mol. The van der Waals surface area contributed by atoms with Gasteiger partial charge in [0.05, 0.1) is 0 Å². The van der Waals surface area contributed by atoms with Gasteiger partial charge in [0.15, 0.2) is 11.6 Å². The Bertz CT molecular complexity index is 348. The van der Waals surface area contributed by atoms with Crippen molar-refractivity contribution in [3.63, 3.8) is 0 Å². The molecule has 1 saturated heterocycles. The molecule has 0 saturated carbocycles. The zero-order valence-electron chi connectivity index (χ0n) is 7.94. The fraction of sp³-hybridized carbons (Fsp3) is 0.500. The molecule has 0 radical (unpaired) electrons. The minimum atomic E-state index is -3.14. The molecule has 2 N–H and O–H groups in total. The number of ketones is 2. The number of carbonyl (C=O) groups excluding carboxylic acids is 4. The molecule has 1 fully saturated rings. The third kappa shape index (κ3) is 1.07. The predicted octanol–water partition coefficient (Wildman–Crippen LogP) is -2.29. The van der Waals surface area contributed by atoms with Gasteiger partial charge < -0.3 is 14.9 Å². The van der Waals surface area contributed by atoms with Crippen molar-refractivity contribution in [2.24, 2.45) is 0 Å². The van der Waals surface area contributed by atoms with Gasteiger partial charge in [0, 0.05) is 0 Å². The van der Waals surface area contributed by atoms with Crippen LogP contribution < -0.4 is 0 Å². The third-order valence-electron chi connectivity index (χ3n) is 2.32. The van der Waals surface area contributed by atoms with Crippen LogP contribution in [0, 0.1) is 0 Å². The number of ether oxygens (including phenoxy) is 1. The molecule has 0 amide bonds. The summed E-state index contributed by atoms with van der Waals surface area (Å²) in [7, 11) is 0. The van der Waals surface area contributed by atoms with Gasteiger partial charge in [-0.15, -0.1) is 0 Å². The highest BCUT2D eigenvalue weighted by Gasteiger charge is 2.73. The van der Waals surface area contributed by atoms with Crippen molar-refractivity contribution in [2.75, 3.05) is 0 Å². The van der Waals surface area contributed by atoms with E-state index in [1.807, 2.05) is 0 Å². The summed E-state index contributed by atoms with van der Waals surface area (Å²) < 4.78 is 3.90. The lowest BCUT2D eigenvalue weighted by Gasteiger charge is -2.26. The minimum Gasteiger partial charge on any atom is -0.388 e. The molecule has 0 unspecified atom stereocenters. The van der Waals surface area contributed by atoms with Crippen molar-refractivity contribution >= 4 is 23.5 Å². The van der Waals surface area contributed by atoms with Gasteiger partial charge in [-0.3, -0.25) is 9.59 Å². The molecule has 0 aromatic carbocycles.